The second-order valence-electron chi connectivity index (χ2n) is 12.5. The molecule has 13 heteroatoms. The SMILES string of the molecule is CN1CC(=O)N2C[C@H](NC(=O)CCC(=O)O)C[C@H]2COc2ccc(cc2)C(=O)N(C)[C@H](C(=O)NCc2ccc3ccccc3c2)CCC1=O. The number of carbonyl (C=O) groups excluding carboxylic acids is 5. The van der Waals surface area contributed by atoms with Crippen LogP contribution in [0.15, 0.2) is 66.7 Å². The van der Waals surface area contributed by atoms with Gasteiger partial charge in [-0.25, -0.2) is 0 Å². The average molecular weight is 672 g/mol. The van der Waals surface area contributed by atoms with Gasteiger partial charge in [0.15, 0.2) is 0 Å². The summed E-state index contributed by atoms with van der Waals surface area (Å²) in [5.74, 6) is -2.58. The van der Waals surface area contributed by atoms with E-state index in [1.54, 1.807) is 29.2 Å². The first-order valence-electron chi connectivity index (χ1n) is 16.3. The zero-order valence-corrected chi connectivity index (χ0v) is 27.6. The van der Waals surface area contributed by atoms with Crippen molar-refractivity contribution in [3.63, 3.8) is 0 Å². The Morgan fingerprint density at radius 3 is 2.39 bits per heavy atom. The number of rotatable bonds is 7. The van der Waals surface area contributed by atoms with Crippen molar-refractivity contribution in [1.29, 1.82) is 0 Å². The number of ether oxygens (including phenoxy) is 1. The van der Waals surface area contributed by atoms with Crippen LogP contribution in [-0.4, -0.2) is 107 Å². The monoisotopic (exact) mass is 671 g/mol. The van der Waals surface area contributed by atoms with E-state index in [1.807, 2.05) is 42.5 Å². The maximum atomic E-state index is 13.6. The molecule has 0 saturated carbocycles. The van der Waals surface area contributed by atoms with Crippen LogP contribution in [0.5, 0.6) is 5.75 Å². The number of carboxylic acids is 1. The highest BCUT2D eigenvalue weighted by molar-refractivity contribution is 5.97. The summed E-state index contributed by atoms with van der Waals surface area (Å²) < 4.78 is 6.00. The summed E-state index contributed by atoms with van der Waals surface area (Å²) in [7, 11) is 3.04. The summed E-state index contributed by atoms with van der Waals surface area (Å²) in [6.07, 6.45) is -0.174. The molecule has 3 aromatic rings. The van der Waals surface area contributed by atoms with Crippen molar-refractivity contribution in [2.75, 3.05) is 33.8 Å². The summed E-state index contributed by atoms with van der Waals surface area (Å²) in [5.41, 5.74) is 1.22. The first-order chi connectivity index (χ1) is 23.5. The highest BCUT2D eigenvalue weighted by atomic mass is 16.5. The smallest absolute Gasteiger partial charge is 0.303 e. The van der Waals surface area contributed by atoms with Gasteiger partial charge in [0.1, 0.15) is 18.4 Å². The number of carbonyl (C=O) groups is 6. The average Bonchev–Trinajstić information content (AvgIpc) is 3.50. The Kier molecular flexibility index (Phi) is 11.1. The Morgan fingerprint density at radius 1 is 0.918 bits per heavy atom. The maximum absolute atomic E-state index is 13.6. The van der Waals surface area contributed by atoms with Crippen LogP contribution in [-0.2, 0) is 30.5 Å². The third kappa shape index (κ3) is 8.92. The molecule has 1 fully saturated rings. The van der Waals surface area contributed by atoms with Crippen molar-refractivity contribution in [2.45, 2.75) is 56.8 Å². The Labute approximate surface area is 284 Å². The Hall–Kier alpha value is -5.46. The lowest BCUT2D eigenvalue weighted by atomic mass is 10.1. The van der Waals surface area contributed by atoms with E-state index in [9.17, 15) is 28.8 Å². The number of carboxylic acid groups (broad SMARTS) is 1. The van der Waals surface area contributed by atoms with Crippen molar-refractivity contribution in [3.05, 3.63) is 77.9 Å². The van der Waals surface area contributed by atoms with Crippen molar-refractivity contribution in [1.82, 2.24) is 25.3 Å². The molecule has 13 nitrogen and oxygen atoms in total. The Morgan fingerprint density at radius 2 is 1.65 bits per heavy atom. The number of nitrogens with one attached hydrogen (secondary N) is 2. The molecule has 3 atom stereocenters. The molecule has 0 unspecified atom stereocenters. The molecule has 1 saturated heterocycles. The second-order valence-corrected chi connectivity index (χ2v) is 12.5. The van der Waals surface area contributed by atoms with Gasteiger partial charge < -0.3 is 35.2 Å². The third-order valence-corrected chi connectivity index (χ3v) is 9.01. The molecule has 3 aliphatic rings. The number of hydrogen-bond donors (Lipinski definition) is 3. The molecule has 0 radical (unpaired) electrons. The van der Waals surface area contributed by atoms with Crippen LogP contribution in [0.25, 0.3) is 10.8 Å². The van der Waals surface area contributed by atoms with Gasteiger partial charge in [-0.1, -0.05) is 36.4 Å². The number of nitrogens with zero attached hydrogens (tertiary/aromatic N) is 3. The zero-order chi connectivity index (χ0) is 35.1. The van der Waals surface area contributed by atoms with E-state index in [2.05, 4.69) is 10.6 Å². The lowest BCUT2D eigenvalue weighted by molar-refractivity contribution is -0.140. The molecule has 3 heterocycles. The Balaban J connectivity index is 1.31. The van der Waals surface area contributed by atoms with Gasteiger partial charge in [-0.2, -0.15) is 0 Å². The molecule has 3 N–H and O–H groups in total. The highest BCUT2D eigenvalue weighted by Crippen LogP contribution is 2.23. The fraction of sp³-hybridized carbons (Fsp3) is 0.389. The van der Waals surface area contributed by atoms with Gasteiger partial charge in [0.2, 0.25) is 23.6 Å². The van der Waals surface area contributed by atoms with Gasteiger partial charge in [-0.15, -0.1) is 0 Å². The van der Waals surface area contributed by atoms with E-state index in [0.717, 1.165) is 16.3 Å². The summed E-state index contributed by atoms with van der Waals surface area (Å²) in [6, 6.07) is 18.4. The van der Waals surface area contributed by atoms with Crippen molar-refractivity contribution in [3.8, 4) is 5.75 Å². The highest BCUT2D eigenvalue weighted by Gasteiger charge is 2.37. The van der Waals surface area contributed by atoms with Gasteiger partial charge in [-0.05, 0) is 59.5 Å². The number of benzene rings is 3. The van der Waals surface area contributed by atoms with Crippen LogP contribution in [0, 0.1) is 0 Å². The van der Waals surface area contributed by atoms with Gasteiger partial charge >= 0.3 is 5.97 Å². The molecular formula is C36H41N5O8. The summed E-state index contributed by atoms with van der Waals surface area (Å²) >= 11 is 0. The summed E-state index contributed by atoms with van der Waals surface area (Å²) in [6.45, 7) is 0.258. The minimum atomic E-state index is -1.08. The molecule has 49 heavy (non-hydrogen) atoms. The van der Waals surface area contributed by atoms with E-state index in [4.69, 9.17) is 9.84 Å². The van der Waals surface area contributed by atoms with E-state index < -0.39 is 41.8 Å². The Bertz CT molecular complexity index is 1730. The molecule has 0 spiro atoms. The minimum absolute atomic E-state index is 0.0289. The molecule has 5 amide bonds. The van der Waals surface area contributed by atoms with Crippen LogP contribution in [0.1, 0.15) is 48.0 Å². The van der Waals surface area contributed by atoms with E-state index in [0.29, 0.717) is 17.7 Å². The lowest BCUT2D eigenvalue weighted by Gasteiger charge is -2.29. The number of amides is 5. The van der Waals surface area contributed by atoms with Gasteiger partial charge in [0.25, 0.3) is 5.91 Å². The molecule has 258 valence electrons. The standard InChI is InChI=1S/C36H41N5O8/c1-39-21-33(44)41-20-27(38-31(42)14-16-34(45)46)18-28(41)22-49-29-11-9-25(10-12-29)36(48)40(2)30(13-15-32(39)43)35(47)37-19-23-7-8-24-5-3-4-6-26(24)17-23/h3-12,17,27-28,30H,13-16,18-22H2,1-2H3,(H,37,47)(H,38,42)(H,45,46)/t27-,28+,30+/m1/s1. The van der Waals surface area contributed by atoms with Crippen LogP contribution >= 0.6 is 0 Å². The number of likely N-dealkylation sites (N-methyl/N-ethyl adjacent to an activating group) is 2. The molecule has 0 aliphatic carbocycles. The molecule has 6 rings (SSSR count). The van der Waals surface area contributed by atoms with Crippen LogP contribution < -0.4 is 15.4 Å². The first kappa shape index (κ1) is 34.9. The number of fused-ring (bicyclic) bond motifs is 12. The second kappa shape index (κ2) is 15.6. The fourth-order valence-electron chi connectivity index (χ4n) is 6.23. The number of hydrogen-bond acceptors (Lipinski definition) is 7. The zero-order valence-electron chi connectivity index (χ0n) is 27.6. The number of aliphatic carboxylic acids is 1. The predicted molar refractivity (Wildman–Crippen MR) is 179 cm³/mol. The molecular weight excluding hydrogens is 630 g/mol. The fourth-order valence-corrected chi connectivity index (χ4v) is 6.23. The molecule has 3 aliphatic heterocycles. The molecule has 3 aromatic carbocycles. The molecule has 2 bridgehead atoms. The van der Waals surface area contributed by atoms with Crippen LogP contribution in [0.4, 0.5) is 0 Å². The minimum Gasteiger partial charge on any atom is -0.491 e. The van der Waals surface area contributed by atoms with Gasteiger partial charge in [0, 0.05) is 51.6 Å². The van der Waals surface area contributed by atoms with Gasteiger partial charge in [-0.3, -0.25) is 28.8 Å². The van der Waals surface area contributed by atoms with Crippen LogP contribution in [0.3, 0.4) is 0 Å². The van der Waals surface area contributed by atoms with Crippen LogP contribution in [0.2, 0.25) is 0 Å². The van der Waals surface area contributed by atoms with Gasteiger partial charge in [0.05, 0.1) is 19.0 Å². The van der Waals surface area contributed by atoms with Crippen molar-refractivity contribution < 1.29 is 38.6 Å². The summed E-state index contributed by atoms with van der Waals surface area (Å²) in [4.78, 5) is 81.4. The normalized spacial score (nSPS) is 20.5. The molecule has 0 aromatic heterocycles. The largest absolute Gasteiger partial charge is 0.491 e. The lowest BCUT2D eigenvalue weighted by Crippen LogP contribution is -2.48. The van der Waals surface area contributed by atoms with E-state index in [-0.39, 0.29) is 63.7 Å². The topological polar surface area (TPSA) is 166 Å². The quantitative estimate of drug-likeness (QED) is 0.344. The van der Waals surface area contributed by atoms with Crippen molar-refractivity contribution in [2.24, 2.45) is 0 Å². The maximum Gasteiger partial charge on any atom is 0.303 e. The van der Waals surface area contributed by atoms with Crippen molar-refractivity contribution >= 4 is 46.3 Å². The van der Waals surface area contributed by atoms with E-state index in [1.165, 1.54) is 23.9 Å². The third-order valence-electron chi connectivity index (χ3n) is 9.01. The summed E-state index contributed by atoms with van der Waals surface area (Å²) in [5, 5.41) is 16.8. The first-order valence-corrected chi connectivity index (χ1v) is 16.3. The predicted octanol–water partition coefficient (Wildman–Crippen LogP) is 2.18. The van der Waals surface area contributed by atoms with E-state index >= 15 is 0 Å².